The van der Waals surface area contributed by atoms with Gasteiger partial charge in [-0.1, -0.05) is 46.3 Å². The Kier molecular flexibility index (Phi) is 14.9. The lowest BCUT2D eigenvalue weighted by atomic mass is 9.35. The Balaban J connectivity index is 1.12. The predicted octanol–water partition coefficient (Wildman–Crippen LogP) is 0.612. The molecule has 3 aliphatic heterocycles. The summed E-state index contributed by atoms with van der Waals surface area (Å²) in [7, 11) is 0. The van der Waals surface area contributed by atoms with Crippen LogP contribution in [-0.2, 0) is 28.4 Å². The molecule has 7 aliphatic rings. The van der Waals surface area contributed by atoms with E-state index in [2.05, 4.69) is 54.5 Å². The zero-order chi connectivity index (χ0) is 47.1. The molecule has 0 radical (unpaired) electrons. The van der Waals surface area contributed by atoms with Crippen LogP contribution >= 0.6 is 0 Å². The van der Waals surface area contributed by atoms with Crippen molar-refractivity contribution in [2.24, 2.45) is 45.3 Å². The third kappa shape index (κ3) is 8.60. The summed E-state index contributed by atoms with van der Waals surface area (Å²) in [5.41, 5.74) is -0.680. The number of allylic oxidation sites excluding steroid dienone is 2. The molecule has 64 heavy (non-hydrogen) atoms. The molecule has 17 nitrogen and oxygen atoms in total. The number of ether oxygens (including phenoxy) is 6. The van der Waals surface area contributed by atoms with Crippen LogP contribution in [0.4, 0.5) is 0 Å². The van der Waals surface area contributed by atoms with Crippen LogP contribution in [0.3, 0.4) is 0 Å². The molecule has 0 aromatic rings. The third-order valence-electron chi connectivity index (χ3n) is 18.3. The van der Waals surface area contributed by atoms with Crippen molar-refractivity contribution in [3.63, 3.8) is 0 Å². The summed E-state index contributed by atoms with van der Waals surface area (Å²) in [6.45, 7) is 15.7. The highest BCUT2D eigenvalue weighted by Crippen LogP contribution is 2.76. The second-order valence-corrected chi connectivity index (χ2v) is 22.5. The first-order valence-corrected chi connectivity index (χ1v) is 23.8. The average molecular weight is 917 g/mol. The molecule has 24 atom stereocenters. The van der Waals surface area contributed by atoms with Crippen molar-refractivity contribution in [3.05, 3.63) is 11.6 Å². The Morgan fingerprint density at radius 1 is 0.656 bits per heavy atom. The Hall–Kier alpha value is -0.940. The van der Waals surface area contributed by atoms with E-state index in [0.29, 0.717) is 19.3 Å². The van der Waals surface area contributed by atoms with Gasteiger partial charge in [0, 0.05) is 0 Å². The minimum atomic E-state index is -1.83. The zero-order valence-corrected chi connectivity index (χ0v) is 39.0. The second-order valence-electron chi connectivity index (χ2n) is 22.5. The first-order valence-electron chi connectivity index (χ1n) is 23.8. The van der Waals surface area contributed by atoms with Gasteiger partial charge in [-0.2, -0.15) is 0 Å². The molecule has 0 aromatic carbocycles. The summed E-state index contributed by atoms with van der Waals surface area (Å²) in [5, 5.41) is 120. The fourth-order valence-electron chi connectivity index (χ4n) is 14.5. The highest BCUT2D eigenvalue weighted by molar-refractivity contribution is 5.20. The molecule has 4 aliphatic carbocycles. The first kappa shape index (κ1) is 50.9. The van der Waals surface area contributed by atoms with Crippen molar-refractivity contribution in [1.29, 1.82) is 0 Å². The number of aliphatic hydroxyl groups is 11. The van der Waals surface area contributed by atoms with E-state index in [0.717, 1.165) is 38.5 Å². The van der Waals surface area contributed by atoms with Crippen molar-refractivity contribution in [1.82, 2.24) is 0 Å². The number of hydrogen-bond donors (Lipinski definition) is 11. The Morgan fingerprint density at radius 2 is 1.22 bits per heavy atom. The lowest BCUT2D eigenvalue weighted by molar-refractivity contribution is -0.395. The molecule has 11 N–H and O–H groups in total. The van der Waals surface area contributed by atoms with E-state index in [9.17, 15) is 56.2 Å². The fourth-order valence-corrected chi connectivity index (χ4v) is 14.5. The van der Waals surface area contributed by atoms with Crippen molar-refractivity contribution in [2.45, 2.75) is 217 Å². The van der Waals surface area contributed by atoms with Gasteiger partial charge in [-0.05, 0) is 124 Å². The van der Waals surface area contributed by atoms with Gasteiger partial charge in [0.25, 0.3) is 0 Å². The standard InChI is InChI=1S/C47H80O17/c1-22(2)10-9-14-47(8,58)23-11-16-46(7)31(23)24(50)18-29-44(5)15-13-30(43(3,4)28(44)12-17-45(29,46)6)62-41-38(35(55)33(53)26(19-48)60-41)64-42-39(36(56)34(54)27(20-49)61-42)63-40-37(57)32(52)25(51)21-59-40/h10,23-42,48-58H,9,11-21H2,1-8H3/t23-,24+,25+,26+,27+,28-,29+,30-,31-,32-,33+,34+,35-,36-,37+,38+,39+,40-,41-,42-,44-,45+,46+,47+/m0/s1. The van der Waals surface area contributed by atoms with Gasteiger partial charge in [0.15, 0.2) is 18.9 Å². The second kappa shape index (κ2) is 18.8. The summed E-state index contributed by atoms with van der Waals surface area (Å²) in [4.78, 5) is 0. The first-order chi connectivity index (χ1) is 29.9. The lowest BCUT2D eigenvalue weighted by Gasteiger charge is -2.70. The number of fused-ring (bicyclic) bond motifs is 5. The van der Waals surface area contributed by atoms with Crippen LogP contribution in [0.15, 0.2) is 11.6 Å². The molecule has 0 unspecified atom stereocenters. The van der Waals surface area contributed by atoms with Gasteiger partial charge in [0.2, 0.25) is 0 Å². The number of hydrogen-bond acceptors (Lipinski definition) is 17. The van der Waals surface area contributed by atoms with E-state index >= 15 is 0 Å². The van der Waals surface area contributed by atoms with E-state index in [1.807, 2.05) is 6.92 Å². The van der Waals surface area contributed by atoms with Gasteiger partial charge in [-0.25, -0.2) is 0 Å². The van der Waals surface area contributed by atoms with E-state index < -0.39 is 129 Å². The van der Waals surface area contributed by atoms with Crippen molar-refractivity contribution < 1.29 is 84.6 Å². The molecule has 0 amide bonds. The van der Waals surface area contributed by atoms with E-state index in [-0.39, 0.29) is 39.9 Å². The topological polar surface area (TPSA) is 278 Å². The van der Waals surface area contributed by atoms with Crippen molar-refractivity contribution in [2.75, 3.05) is 19.8 Å². The van der Waals surface area contributed by atoms with Crippen LogP contribution in [0.2, 0.25) is 0 Å². The summed E-state index contributed by atoms with van der Waals surface area (Å²) in [6, 6.07) is 0. The molecule has 0 bridgehead atoms. The molecular formula is C47H80O17. The van der Waals surface area contributed by atoms with Crippen LogP contribution < -0.4 is 0 Å². The minimum absolute atomic E-state index is 0.0120. The van der Waals surface area contributed by atoms with Crippen LogP contribution in [-0.4, -0.2) is 180 Å². The zero-order valence-electron chi connectivity index (χ0n) is 39.0. The predicted molar refractivity (Wildman–Crippen MR) is 228 cm³/mol. The van der Waals surface area contributed by atoms with Crippen LogP contribution in [0.5, 0.6) is 0 Å². The van der Waals surface area contributed by atoms with E-state index in [4.69, 9.17) is 28.4 Å². The molecule has 0 aromatic heterocycles. The molecule has 17 heteroatoms. The third-order valence-corrected chi connectivity index (χ3v) is 18.3. The maximum atomic E-state index is 12.3. The molecular weight excluding hydrogens is 836 g/mol. The average Bonchev–Trinajstić information content (AvgIpc) is 3.62. The Labute approximate surface area is 377 Å². The Bertz CT molecular complexity index is 1630. The van der Waals surface area contributed by atoms with E-state index in [1.165, 1.54) is 5.57 Å². The molecule has 0 spiro atoms. The Morgan fingerprint density at radius 3 is 1.80 bits per heavy atom. The van der Waals surface area contributed by atoms with Crippen LogP contribution in [0.1, 0.15) is 113 Å². The molecule has 4 saturated carbocycles. The monoisotopic (exact) mass is 917 g/mol. The van der Waals surface area contributed by atoms with E-state index in [1.54, 1.807) is 0 Å². The fraction of sp³-hybridized carbons (Fsp3) is 0.957. The molecule has 7 rings (SSSR count). The van der Waals surface area contributed by atoms with Gasteiger partial charge in [-0.3, -0.25) is 0 Å². The SMILES string of the molecule is CC(C)=CCC[C@@](C)(O)[C@H]1CC[C@]2(C)[C@@H]1[C@H](O)C[C@@H]1[C@@]3(C)CC[C@H](O[C@@H]4O[C@H](CO)[C@@H](O)[C@H](O)[C@H]4O[C@@H]4O[C@H](CO)[C@@H](O)[C@H](O)[C@H]4O[C@@H]4OC[C@@H](O)[C@H](O)[C@H]4O)C(C)(C)[C@@H]3CC[C@]12C. The van der Waals surface area contributed by atoms with Gasteiger partial charge in [0.05, 0.1) is 37.6 Å². The van der Waals surface area contributed by atoms with Gasteiger partial charge < -0.3 is 84.6 Å². The molecule has 3 saturated heterocycles. The van der Waals surface area contributed by atoms with Crippen LogP contribution in [0.25, 0.3) is 0 Å². The normalized spacial score (nSPS) is 52.5. The summed E-state index contributed by atoms with van der Waals surface area (Å²) >= 11 is 0. The summed E-state index contributed by atoms with van der Waals surface area (Å²) in [6.07, 6.45) is -14.4. The molecule has 7 fully saturated rings. The summed E-state index contributed by atoms with van der Waals surface area (Å²) < 4.78 is 36.4. The maximum Gasteiger partial charge on any atom is 0.187 e. The van der Waals surface area contributed by atoms with Crippen LogP contribution in [0, 0.1) is 45.3 Å². The van der Waals surface area contributed by atoms with Gasteiger partial charge >= 0.3 is 0 Å². The quantitative estimate of drug-likeness (QED) is 0.0946. The summed E-state index contributed by atoms with van der Waals surface area (Å²) in [5.74, 6) is 0.264. The lowest BCUT2D eigenvalue weighted by Crippen LogP contribution is -2.68. The van der Waals surface area contributed by atoms with Gasteiger partial charge in [-0.15, -0.1) is 0 Å². The minimum Gasteiger partial charge on any atom is -0.394 e. The van der Waals surface area contributed by atoms with Gasteiger partial charge in [0.1, 0.15) is 67.1 Å². The maximum absolute atomic E-state index is 12.3. The highest BCUT2D eigenvalue weighted by atomic mass is 16.8. The van der Waals surface area contributed by atoms with Crippen molar-refractivity contribution in [3.8, 4) is 0 Å². The largest absolute Gasteiger partial charge is 0.394 e. The number of aliphatic hydroxyl groups excluding tert-OH is 10. The van der Waals surface area contributed by atoms with Crippen molar-refractivity contribution >= 4 is 0 Å². The number of rotatable bonds is 12. The molecule has 370 valence electrons. The smallest absolute Gasteiger partial charge is 0.187 e. The molecule has 3 heterocycles. The highest BCUT2D eigenvalue weighted by Gasteiger charge is 2.71.